The summed E-state index contributed by atoms with van der Waals surface area (Å²) >= 11 is 5.68. The third-order valence-corrected chi connectivity index (χ3v) is 2.13. The van der Waals surface area contributed by atoms with Gasteiger partial charge in [-0.25, -0.2) is 13.2 Å². The van der Waals surface area contributed by atoms with Crippen molar-refractivity contribution in [3.8, 4) is 0 Å². The number of halogens is 5. The highest BCUT2D eigenvalue weighted by Gasteiger charge is 2.15. The second kappa shape index (κ2) is 6.20. The summed E-state index contributed by atoms with van der Waals surface area (Å²) in [6.45, 7) is 0. The second-order valence-corrected chi connectivity index (χ2v) is 3.31. The molecule has 2 N–H and O–H groups in total. The predicted octanol–water partition coefficient (Wildman–Crippen LogP) is 3.56. The zero-order chi connectivity index (χ0) is 10.7. The standard InChI is InChI=1S/C9H9ClF3N.ClH/c10-7-2-1-5(11)3-6(7)8(14)4-9(12)13;/h1-3,8-9H,4,14H2;1H/t8-;/m1./s1. The number of hydrogen-bond donors (Lipinski definition) is 1. The van der Waals surface area contributed by atoms with Gasteiger partial charge in [-0.05, 0) is 23.8 Å². The minimum atomic E-state index is -2.52. The van der Waals surface area contributed by atoms with E-state index < -0.39 is 24.7 Å². The molecule has 0 aliphatic rings. The van der Waals surface area contributed by atoms with E-state index in [2.05, 4.69) is 0 Å². The van der Waals surface area contributed by atoms with Crippen LogP contribution in [0.1, 0.15) is 18.0 Å². The average molecular weight is 260 g/mol. The van der Waals surface area contributed by atoms with Crippen LogP contribution in [0.2, 0.25) is 5.02 Å². The van der Waals surface area contributed by atoms with E-state index in [0.29, 0.717) is 0 Å². The second-order valence-electron chi connectivity index (χ2n) is 2.90. The van der Waals surface area contributed by atoms with Crippen molar-refractivity contribution in [3.05, 3.63) is 34.6 Å². The Labute approximate surface area is 96.8 Å². The van der Waals surface area contributed by atoms with Gasteiger partial charge < -0.3 is 5.73 Å². The summed E-state index contributed by atoms with van der Waals surface area (Å²) in [6.07, 6.45) is -3.05. The molecule has 1 rings (SSSR count). The van der Waals surface area contributed by atoms with E-state index in [1.165, 1.54) is 6.07 Å². The molecule has 0 saturated heterocycles. The molecule has 86 valence electrons. The number of nitrogens with two attached hydrogens (primary N) is 1. The molecule has 0 fully saturated rings. The summed E-state index contributed by atoms with van der Waals surface area (Å²) in [7, 11) is 0. The first-order valence-corrected chi connectivity index (χ1v) is 4.37. The highest BCUT2D eigenvalue weighted by Crippen LogP contribution is 2.26. The zero-order valence-electron chi connectivity index (χ0n) is 7.59. The molecule has 1 atom stereocenters. The summed E-state index contributed by atoms with van der Waals surface area (Å²) in [4.78, 5) is 0. The largest absolute Gasteiger partial charge is 0.324 e. The van der Waals surface area contributed by atoms with Crippen molar-refractivity contribution in [2.75, 3.05) is 0 Å². The van der Waals surface area contributed by atoms with Gasteiger partial charge in [0.1, 0.15) is 5.82 Å². The van der Waals surface area contributed by atoms with Crippen molar-refractivity contribution in [3.63, 3.8) is 0 Å². The van der Waals surface area contributed by atoms with Crippen LogP contribution in [0.15, 0.2) is 18.2 Å². The molecule has 1 nitrogen and oxygen atoms in total. The van der Waals surface area contributed by atoms with Crippen LogP contribution in [-0.2, 0) is 0 Å². The van der Waals surface area contributed by atoms with Crippen LogP contribution in [0.4, 0.5) is 13.2 Å². The summed E-state index contributed by atoms with van der Waals surface area (Å²) in [5, 5.41) is 0.208. The van der Waals surface area contributed by atoms with Crippen LogP contribution in [-0.4, -0.2) is 6.43 Å². The topological polar surface area (TPSA) is 26.0 Å². The molecular formula is C9H10Cl2F3N. The van der Waals surface area contributed by atoms with Crippen LogP contribution in [0, 0.1) is 5.82 Å². The van der Waals surface area contributed by atoms with Gasteiger partial charge in [-0.3, -0.25) is 0 Å². The first-order chi connectivity index (χ1) is 6.50. The van der Waals surface area contributed by atoms with Gasteiger partial charge in [0, 0.05) is 17.5 Å². The molecule has 0 bridgehead atoms. The molecule has 0 aromatic heterocycles. The van der Waals surface area contributed by atoms with E-state index in [0.717, 1.165) is 12.1 Å². The highest BCUT2D eigenvalue weighted by molar-refractivity contribution is 6.31. The lowest BCUT2D eigenvalue weighted by molar-refractivity contribution is 0.128. The molecule has 0 radical (unpaired) electrons. The quantitative estimate of drug-likeness (QED) is 0.883. The zero-order valence-corrected chi connectivity index (χ0v) is 9.16. The van der Waals surface area contributed by atoms with Gasteiger partial charge >= 0.3 is 0 Å². The fourth-order valence-electron chi connectivity index (χ4n) is 1.12. The summed E-state index contributed by atoms with van der Waals surface area (Å²) in [5.41, 5.74) is 5.65. The lowest BCUT2D eigenvalue weighted by Crippen LogP contribution is -2.14. The Bertz CT molecular complexity index is 320. The van der Waals surface area contributed by atoms with Crippen molar-refractivity contribution in [1.82, 2.24) is 0 Å². The molecule has 0 aliphatic carbocycles. The molecule has 1 aromatic carbocycles. The molecule has 6 heteroatoms. The normalized spacial score (nSPS) is 12.4. The Hall–Kier alpha value is -0.450. The molecule has 15 heavy (non-hydrogen) atoms. The summed E-state index contributed by atoms with van der Waals surface area (Å²) < 4.78 is 36.7. The van der Waals surface area contributed by atoms with Crippen LogP contribution in [0.3, 0.4) is 0 Å². The van der Waals surface area contributed by atoms with E-state index in [-0.39, 0.29) is 23.0 Å². The van der Waals surface area contributed by atoms with E-state index in [9.17, 15) is 13.2 Å². The van der Waals surface area contributed by atoms with Crippen LogP contribution >= 0.6 is 24.0 Å². The Balaban J connectivity index is 0.00000196. The van der Waals surface area contributed by atoms with Crippen molar-refractivity contribution < 1.29 is 13.2 Å². The molecule has 1 aromatic rings. The summed E-state index contributed by atoms with van der Waals surface area (Å²) in [5.74, 6) is -0.533. The van der Waals surface area contributed by atoms with Crippen molar-refractivity contribution in [1.29, 1.82) is 0 Å². The minimum absolute atomic E-state index is 0. The van der Waals surface area contributed by atoms with Crippen molar-refractivity contribution in [2.24, 2.45) is 5.73 Å². The minimum Gasteiger partial charge on any atom is -0.324 e. The molecule has 0 saturated carbocycles. The molecule has 0 aliphatic heterocycles. The smallest absolute Gasteiger partial charge is 0.240 e. The molecule has 0 heterocycles. The third-order valence-electron chi connectivity index (χ3n) is 1.79. The molecule has 0 amide bonds. The van der Waals surface area contributed by atoms with Gasteiger partial charge in [-0.1, -0.05) is 11.6 Å². The van der Waals surface area contributed by atoms with Crippen molar-refractivity contribution >= 4 is 24.0 Å². The number of rotatable bonds is 3. The Morgan fingerprint density at radius 2 is 1.93 bits per heavy atom. The maximum atomic E-state index is 12.7. The maximum Gasteiger partial charge on any atom is 0.240 e. The van der Waals surface area contributed by atoms with Gasteiger partial charge in [-0.2, -0.15) is 0 Å². The maximum absolute atomic E-state index is 12.7. The van der Waals surface area contributed by atoms with Gasteiger partial charge in [0.2, 0.25) is 6.43 Å². The molecule has 0 spiro atoms. The predicted molar refractivity (Wildman–Crippen MR) is 56.2 cm³/mol. The fraction of sp³-hybridized carbons (Fsp3) is 0.333. The number of benzene rings is 1. The van der Waals surface area contributed by atoms with Crippen LogP contribution < -0.4 is 5.73 Å². The van der Waals surface area contributed by atoms with E-state index >= 15 is 0 Å². The highest BCUT2D eigenvalue weighted by atomic mass is 35.5. The first kappa shape index (κ1) is 14.6. The lowest BCUT2D eigenvalue weighted by Gasteiger charge is -2.12. The Morgan fingerprint density at radius 3 is 2.47 bits per heavy atom. The van der Waals surface area contributed by atoms with E-state index in [1.54, 1.807) is 0 Å². The number of hydrogen-bond acceptors (Lipinski definition) is 1. The first-order valence-electron chi connectivity index (χ1n) is 3.99. The van der Waals surface area contributed by atoms with Crippen molar-refractivity contribution in [2.45, 2.75) is 18.9 Å². The van der Waals surface area contributed by atoms with Crippen LogP contribution in [0.25, 0.3) is 0 Å². The lowest BCUT2D eigenvalue weighted by atomic mass is 10.0. The SMILES string of the molecule is Cl.N[C@H](CC(F)F)c1cc(F)ccc1Cl. The Kier molecular flexibility index (Phi) is 6.02. The average Bonchev–Trinajstić information content (AvgIpc) is 2.08. The summed E-state index contributed by atoms with van der Waals surface area (Å²) in [6, 6.07) is 2.60. The molecule has 0 unspecified atom stereocenters. The molecular weight excluding hydrogens is 250 g/mol. The van der Waals surface area contributed by atoms with Gasteiger partial charge in [0.05, 0.1) is 0 Å². The van der Waals surface area contributed by atoms with Crippen LogP contribution in [0.5, 0.6) is 0 Å². The third kappa shape index (κ3) is 4.28. The number of alkyl halides is 2. The van der Waals surface area contributed by atoms with E-state index in [4.69, 9.17) is 17.3 Å². The van der Waals surface area contributed by atoms with Gasteiger partial charge in [-0.15, -0.1) is 12.4 Å². The monoisotopic (exact) mass is 259 g/mol. The van der Waals surface area contributed by atoms with Gasteiger partial charge in [0.25, 0.3) is 0 Å². The fourth-order valence-corrected chi connectivity index (χ4v) is 1.38. The Morgan fingerprint density at radius 1 is 1.33 bits per heavy atom. The van der Waals surface area contributed by atoms with Gasteiger partial charge in [0.15, 0.2) is 0 Å². The van der Waals surface area contributed by atoms with E-state index in [1.807, 2.05) is 0 Å².